The van der Waals surface area contributed by atoms with Gasteiger partial charge in [0, 0.05) is 6.54 Å². The van der Waals surface area contributed by atoms with Gasteiger partial charge in [-0.15, -0.1) is 12.4 Å². The van der Waals surface area contributed by atoms with E-state index in [-0.39, 0.29) is 24.4 Å². The van der Waals surface area contributed by atoms with Gasteiger partial charge in [0.2, 0.25) is 0 Å². The zero-order valence-electron chi connectivity index (χ0n) is 9.94. The Morgan fingerprint density at radius 3 is 2.33 bits per heavy atom. The fraction of sp³-hybridized carbons (Fsp3) is 0.900. The van der Waals surface area contributed by atoms with Crippen LogP contribution in [0.25, 0.3) is 0 Å². The summed E-state index contributed by atoms with van der Waals surface area (Å²) in [7, 11) is 0. The highest BCUT2D eigenvalue weighted by atomic mass is 35.5. The van der Waals surface area contributed by atoms with E-state index >= 15 is 0 Å². The van der Waals surface area contributed by atoms with Crippen LogP contribution in [0.2, 0.25) is 0 Å². The van der Waals surface area contributed by atoms with E-state index in [9.17, 15) is 22.4 Å². The van der Waals surface area contributed by atoms with Crippen LogP contribution >= 0.6 is 12.4 Å². The Morgan fingerprint density at radius 1 is 1.39 bits per heavy atom. The van der Waals surface area contributed by atoms with Crippen LogP contribution in [0, 0.1) is 5.41 Å². The molecule has 0 aromatic heterocycles. The Hall–Kier alpha value is -0.560. The number of alkyl halides is 4. The number of hydrogen-bond acceptors (Lipinski definition) is 2. The molecule has 1 rings (SSSR count). The predicted molar refractivity (Wildman–Crippen MR) is 61.4 cm³/mol. The van der Waals surface area contributed by atoms with Crippen LogP contribution in [0.15, 0.2) is 0 Å². The van der Waals surface area contributed by atoms with Gasteiger partial charge in [0.1, 0.15) is 0 Å². The lowest BCUT2D eigenvalue weighted by atomic mass is 9.81. The Morgan fingerprint density at radius 2 is 1.89 bits per heavy atom. The summed E-state index contributed by atoms with van der Waals surface area (Å²) in [5, 5.41) is 5.01. The van der Waals surface area contributed by atoms with Crippen molar-refractivity contribution in [2.45, 2.75) is 32.1 Å². The number of hydrogen-bond donors (Lipinski definition) is 2. The van der Waals surface area contributed by atoms with Crippen molar-refractivity contribution >= 4 is 18.3 Å². The summed E-state index contributed by atoms with van der Waals surface area (Å²) in [4.78, 5) is 10.9. The highest BCUT2D eigenvalue weighted by Crippen LogP contribution is 2.28. The van der Waals surface area contributed by atoms with E-state index in [0.717, 1.165) is 13.1 Å². The maximum absolute atomic E-state index is 12.6. The molecule has 0 aliphatic carbocycles. The minimum atomic E-state index is -4.61. The van der Waals surface area contributed by atoms with Gasteiger partial charge in [-0.25, -0.2) is 8.78 Å². The van der Waals surface area contributed by atoms with E-state index in [1.807, 2.05) is 12.2 Å². The second-order valence-electron chi connectivity index (χ2n) is 4.67. The quantitative estimate of drug-likeness (QED) is 0.776. The van der Waals surface area contributed by atoms with Gasteiger partial charge in [-0.1, -0.05) is 6.92 Å². The molecule has 2 N–H and O–H groups in total. The fourth-order valence-corrected chi connectivity index (χ4v) is 1.72. The van der Waals surface area contributed by atoms with Crippen molar-refractivity contribution in [1.82, 2.24) is 10.6 Å². The molecular weight excluding hydrogens is 276 g/mol. The van der Waals surface area contributed by atoms with Crippen molar-refractivity contribution in [3.05, 3.63) is 0 Å². The SMILES string of the molecule is CC1(CNC(=O)C(F)(F)C(F)F)CCNCC1.Cl. The smallest absolute Gasteiger partial charge is 0.350 e. The van der Waals surface area contributed by atoms with Gasteiger partial charge in [-0.2, -0.15) is 8.78 Å². The van der Waals surface area contributed by atoms with Crippen LogP contribution in [-0.2, 0) is 4.79 Å². The summed E-state index contributed by atoms with van der Waals surface area (Å²) in [5.41, 5.74) is -0.306. The van der Waals surface area contributed by atoms with E-state index < -0.39 is 18.3 Å². The standard InChI is InChI=1S/C10H16F4N2O.ClH/c1-9(2-4-15-5-3-9)6-16-8(17)10(13,14)7(11)12;/h7,15H,2-6H2,1H3,(H,16,17);1H. The van der Waals surface area contributed by atoms with Crippen LogP contribution < -0.4 is 10.6 Å². The lowest BCUT2D eigenvalue weighted by Gasteiger charge is -2.34. The van der Waals surface area contributed by atoms with Crippen LogP contribution in [0.5, 0.6) is 0 Å². The summed E-state index contributed by atoms with van der Waals surface area (Å²) in [6, 6.07) is 0. The summed E-state index contributed by atoms with van der Waals surface area (Å²) in [5.74, 6) is -6.50. The number of piperidine rings is 1. The number of carbonyl (C=O) groups excluding carboxylic acids is 1. The molecule has 0 unspecified atom stereocenters. The normalized spacial score (nSPS) is 19.2. The highest BCUT2D eigenvalue weighted by molar-refractivity contribution is 5.85. The monoisotopic (exact) mass is 292 g/mol. The average Bonchev–Trinajstić information content (AvgIpc) is 2.26. The minimum absolute atomic E-state index is 0. The van der Waals surface area contributed by atoms with Gasteiger partial charge < -0.3 is 10.6 Å². The average molecular weight is 293 g/mol. The Bertz CT molecular complexity index is 283. The molecule has 1 heterocycles. The fourth-order valence-electron chi connectivity index (χ4n) is 1.72. The van der Waals surface area contributed by atoms with E-state index in [4.69, 9.17) is 0 Å². The van der Waals surface area contributed by atoms with Crippen molar-refractivity contribution in [1.29, 1.82) is 0 Å². The molecule has 0 saturated carbocycles. The third kappa shape index (κ3) is 4.28. The van der Waals surface area contributed by atoms with Gasteiger partial charge in [0.15, 0.2) is 0 Å². The minimum Gasteiger partial charge on any atom is -0.350 e. The molecule has 0 aromatic carbocycles. The van der Waals surface area contributed by atoms with E-state index in [2.05, 4.69) is 5.32 Å². The molecule has 3 nitrogen and oxygen atoms in total. The van der Waals surface area contributed by atoms with E-state index in [0.29, 0.717) is 12.8 Å². The van der Waals surface area contributed by atoms with Crippen LogP contribution in [0.3, 0.4) is 0 Å². The summed E-state index contributed by atoms with van der Waals surface area (Å²) < 4.78 is 49.1. The summed E-state index contributed by atoms with van der Waals surface area (Å²) in [6.07, 6.45) is -2.54. The first kappa shape index (κ1) is 17.4. The largest absolute Gasteiger partial charge is 0.383 e. The van der Waals surface area contributed by atoms with Crippen molar-refractivity contribution in [3.8, 4) is 0 Å². The number of amides is 1. The molecule has 0 bridgehead atoms. The Labute approximate surface area is 109 Å². The second-order valence-corrected chi connectivity index (χ2v) is 4.67. The topological polar surface area (TPSA) is 41.1 Å². The van der Waals surface area contributed by atoms with Gasteiger partial charge in [-0.05, 0) is 31.3 Å². The molecule has 18 heavy (non-hydrogen) atoms. The van der Waals surface area contributed by atoms with Gasteiger partial charge >= 0.3 is 12.3 Å². The van der Waals surface area contributed by atoms with Crippen LogP contribution in [-0.4, -0.2) is 37.9 Å². The molecule has 1 saturated heterocycles. The lowest BCUT2D eigenvalue weighted by molar-refractivity contribution is -0.169. The zero-order chi connectivity index (χ0) is 13.1. The maximum atomic E-state index is 12.6. The number of rotatable bonds is 4. The third-order valence-corrected chi connectivity index (χ3v) is 3.06. The van der Waals surface area contributed by atoms with Crippen LogP contribution in [0.1, 0.15) is 19.8 Å². The highest BCUT2D eigenvalue weighted by Gasteiger charge is 2.49. The molecule has 8 heteroatoms. The molecule has 0 atom stereocenters. The lowest BCUT2D eigenvalue weighted by Crippen LogP contribution is -2.50. The molecular formula is C10H17ClF4N2O. The summed E-state index contributed by atoms with van der Waals surface area (Å²) in [6.45, 7) is 3.31. The number of halogens is 5. The number of carbonyl (C=O) groups is 1. The first-order valence-electron chi connectivity index (χ1n) is 5.43. The van der Waals surface area contributed by atoms with E-state index in [1.54, 1.807) is 0 Å². The first-order chi connectivity index (χ1) is 7.78. The Balaban J connectivity index is 0.00000289. The molecule has 0 aromatic rings. The molecule has 108 valence electrons. The molecule has 1 amide bonds. The van der Waals surface area contributed by atoms with E-state index in [1.165, 1.54) is 0 Å². The summed E-state index contributed by atoms with van der Waals surface area (Å²) >= 11 is 0. The van der Waals surface area contributed by atoms with Crippen molar-refractivity contribution in [2.24, 2.45) is 5.41 Å². The molecule has 0 spiro atoms. The van der Waals surface area contributed by atoms with Crippen molar-refractivity contribution in [2.75, 3.05) is 19.6 Å². The van der Waals surface area contributed by atoms with Crippen LogP contribution in [0.4, 0.5) is 17.6 Å². The van der Waals surface area contributed by atoms with Gasteiger partial charge in [0.05, 0.1) is 0 Å². The molecule has 1 aliphatic rings. The molecule has 0 radical (unpaired) electrons. The third-order valence-electron chi connectivity index (χ3n) is 3.06. The first-order valence-corrected chi connectivity index (χ1v) is 5.43. The second kappa shape index (κ2) is 6.56. The van der Waals surface area contributed by atoms with Crippen molar-refractivity contribution < 1.29 is 22.4 Å². The number of nitrogens with one attached hydrogen (secondary N) is 2. The zero-order valence-corrected chi connectivity index (χ0v) is 10.8. The molecule has 1 aliphatic heterocycles. The van der Waals surface area contributed by atoms with Gasteiger partial charge in [0.25, 0.3) is 5.91 Å². The maximum Gasteiger partial charge on any atom is 0.383 e. The van der Waals surface area contributed by atoms with Crippen molar-refractivity contribution in [3.63, 3.8) is 0 Å². The predicted octanol–water partition coefficient (Wildman–Crippen LogP) is 1.81. The Kier molecular flexibility index (Phi) is 6.36. The van der Waals surface area contributed by atoms with Gasteiger partial charge in [-0.3, -0.25) is 4.79 Å². The molecule has 1 fully saturated rings.